The van der Waals surface area contributed by atoms with Crippen LogP contribution in [0.4, 0.5) is 0 Å². The van der Waals surface area contributed by atoms with E-state index in [1.165, 1.54) is 12.8 Å². The lowest BCUT2D eigenvalue weighted by Gasteiger charge is -2.17. The maximum absolute atomic E-state index is 11.6. The Balaban J connectivity index is 3.28. The van der Waals surface area contributed by atoms with Gasteiger partial charge in [-0.3, -0.25) is 4.79 Å². The summed E-state index contributed by atoms with van der Waals surface area (Å²) in [7, 11) is 0. The van der Waals surface area contributed by atoms with Crippen LogP contribution in [-0.4, -0.2) is 25.7 Å². The minimum Gasteiger partial charge on any atom is -0.381 e. The molecule has 0 spiro atoms. The molecule has 0 bridgehead atoms. The molecule has 0 rings (SSSR count). The summed E-state index contributed by atoms with van der Waals surface area (Å²) >= 11 is 0. The topological polar surface area (TPSA) is 38.3 Å². The second-order valence-corrected chi connectivity index (χ2v) is 7.84. The highest BCUT2D eigenvalue weighted by atomic mass is 16.5. The van der Waals surface area contributed by atoms with Crippen molar-refractivity contribution in [1.29, 1.82) is 0 Å². The summed E-state index contributed by atoms with van der Waals surface area (Å²) in [6.45, 7) is 15.1. The number of amides is 1. The largest absolute Gasteiger partial charge is 0.381 e. The Kier molecular flexibility index (Phi) is 9.11. The van der Waals surface area contributed by atoms with Gasteiger partial charge in [0.15, 0.2) is 0 Å². The average molecular weight is 285 g/mol. The lowest BCUT2D eigenvalue weighted by atomic mass is 9.90. The minimum atomic E-state index is -0.288. The predicted octanol–water partition coefficient (Wildman–Crippen LogP) is 4.16. The van der Waals surface area contributed by atoms with E-state index in [0.717, 1.165) is 39.0 Å². The van der Waals surface area contributed by atoms with Crippen LogP contribution in [0.15, 0.2) is 0 Å². The van der Waals surface area contributed by atoms with Crippen LogP contribution in [0.2, 0.25) is 0 Å². The predicted molar refractivity (Wildman–Crippen MR) is 85.8 cm³/mol. The maximum Gasteiger partial charge on any atom is 0.225 e. The molecule has 0 unspecified atom stereocenters. The minimum absolute atomic E-state index is 0.126. The van der Waals surface area contributed by atoms with Gasteiger partial charge in [0.1, 0.15) is 0 Å². The number of ether oxygens (including phenoxy) is 1. The zero-order valence-electron chi connectivity index (χ0n) is 14.5. The Bertz CT molecular complexity index is 261. The first-order valence-corrected chi connectivity index (χ1v) is 7.99. The Morgan fingerprint density at radius 1 is 0.900 bits per heavy atom. The summed E-state index contributed by atoms with van der Waals surface area (Å²) in [5.74, 6) is 0.126. The van der Waals surface area contributed by atoms with E-state index in [1.54, 1.807) is 0 Å². The smallest absolute Gasteiger partial charge is 0.225 e. The molecule has 0 saturated heterocycles. The van der Waals surface area contributed by atoms with Crippen molar-refractivity contribution in [3.05, 3.63) is 0 Å². The molecular formula is C17H35NO2. The van der Waals surface area contributed by atoms with Crippen molar-refractivity contribution in [2.45, 2.75) is 73.6 Å². The second-order valence-electron chi connectivity index (χ2n) is 7.84. The van der Waals surface area contributed by atoms with Gasteiger partial charge in [0.05, 0.1) is 0 Å². The van der Waals surface area contributed by atoms with E-state index in [1.807, 2.05) is 20.8 Å². The molecule has 0 atom stereocenters. The van der Waals surface area contributed by atoms with Crippen LogP contribution in [0.25, 0.3) is 0 Å². The lowest BCUT2D eigenvalue weighted by molar-refractivity contribution is -0.128. The molecule has 0 fully saturated rings. The molecule has 20 heavy (non-hydrogen) atoms. The molecule has 120 valence electrons. The Morgan fingerprint density at radius 3 is 1.95 bits per heavy atom. The fraction of sp³-hybridized carbons (Fsp3) is 0.941. The van der Waals surface area contributed by atoms with Crippen molar-refractivity contribution in [3.63, 3.8) is 0 Å². The van der Waals surface area contributed by atoms with Gasteiger partial charge in [0, 0.05) is 25.2 Å². The molecule has 0 aliphatic rings. The molecule has 1 N–H and O–H groups in total. The molecule has 3 heteroatoms. The summed E-state index contributed by atoms with van der Waals surface area (Å²) in [4.78, 5) is 11.6. The van der Waals surface area contributed by atoms with Crippen molar-refractivity contribution in [3.8, 4) is 0 Å². The third-order valence-corrected chi connectivity index (χ3v) is 3.15. The Morgan fingerprint density at radius 2 is 1.45 bits per heavy atom. The average Bonchev–Trinajstić information content (AvgIpc) is 2.28. The highest BCUT2D eigenvalue weighted by Crippen LogP contribution is 2.21. The first-order chi connectivity index (χ1) is 9.13. The highest BCUT2D eigenvalue weighted by Gasteiger charge is 2.19. The van der Waals surface area contributed by atoms with Gasteiger partial charge < -0.3 is 10.1 Å². The number of carbonyl (C=O) groups excluding carboxylic acids is 1. The van der Waals surface area contributed by atoms with E-state index in [9.17, 15) is 4.79 Å². The van der Waals surface area contributed by atoms with Gasteiger partial charge in [-0.1, -0.05) is 48.0 Å². The summed E-state index contributed by atoms with van der Waals surface area (Å²) < 4.78 is 5.61. The number of hydrogen-bond donors (Lipinski definition) is 1. The van der Waals surface area contributed by atoms with E-state index in [2.05, 4.69) is 26.1 Å². The van der Waals surface area contributed by atoms with Crippen LogP contribution in [0.3, 0.4) is 0 Å². The maximum atomic E-state index is 11.6. The third kappa shape index (κ3) is 12.5. The van der Waals surface area contributed by atoms with Crippen LogP contribution in [-0.2, 0) is 9.53 Å². The Labute approximate surface area is 125 Å². The number of carbonyl (C=O) groups is 1. The fourth-order valence-corrected chi connectivity index (χ4v) is 1.76. The molecule has 0 radical (unpaired) electrons. The first kappa shape index (κ1) is 19.4. The van der Waals surface area contributed by atoms with Crippen molar-refractivity contribution >= 4 is 5.91 Å². The summed E-state index contributed by atoms with van der Waals surface area (Å²) in [5, 5.41) is 2.96. The van der Waals surface area contributed by atoms with Gasteiger partial charge >= 0.3 is 0 Å². The molecular weight excluding hydrogens is 250 g/mol. The molecule has 0 aliphatic heterocycles. The normalized spacial score (nSPS) is 12.5. The van der Waals surface area contributed by atoms with E-state index in [-0.39, 0.29) is 11.3 Å². The van der Waals surface area contributed by atoms with E-state index >= 15 is 0 Å². The van der Waals surface area contributed by atoms with Crippen LogP contribution in [0, 0.1) is 10.8 Å². The van der Waals surface area contributed by atoms with Gasteiger partial charge in [-0.15, -0.1) is 0 Å². The van der Waals surface area contributed by atoms with Crippen molar-refractivity contribution in [2.75, 3.05) is 19.8 Å². The Hall–Kier alpha value is -0.570. The summed E-state index contributed by atoms with van der Waals surface area (Å²) in [6.07, 6.45) is 5.66. The van der Waals surface area contributed by atoms with Gasteiger partial charge in [-0.2, -0.15) is 0 Å². The molecule has 0 aromatic rings. The zero-order valence-corrected chi connectivity index (χ0v) is 14.5. The van der Waals surface area contributed by atoms with Gasteiger partial charge in [-0.25, -0.2) is 0 Å². The van der Waals surface area contributed by atoms with Crippen molar-refractivity contribution in [1.82, 2.24) is 5.32 Å². The molecule has 0 saturated carbocycles. The van der Waals surface area contributed by atoms with E-state index in [4.69, 9.17) is 4.74 Å². The molecule has 0 aromatic heterocycles. The molecule has 3 nitrogen and oxygen atoms in total. The molecule has 0 aliphatic carbocycles. The van der Waals surface area contributed by atoms with Crippen molar-refractivity contribution < 1.29 is 9.53 Å². The number of hydrogen-bond acceptors (Lipinski definition) is 2. The standard InChI is InChI=1S/C17H35NO2/c1-16(2,3)11-7-9-13-20-14-10-8-12-18-15(19)17(4,5)6/h7-14H2,1-6H3,(H,18,19). The van der Waals surface area contributed by atoms with Crippen LogP contribution in [0.1, 0.15) is 73.6 Å². The fourth-order valence-electron chi connectivity index (χ4n) is 1.76. The highest BCUT2D eigenvalue weighted by molar-refractivity contribution is 5.81. The number of unbranched alkanes of at least 4 members (excludes halogenated alkanes) is 2. The van der Waals surface area contributed by atoms with Crippen molar-refractivity contribution in [2.24, 2.45) is 10.8 Å². The molecule has 0 aromatic carbocycles. The second kappa shape index (κ2) is 9.38. The quantitative estimate of drug-likeness (QED) is 0.646. The lowest BCUT2D eigenvalue weighted by Crippen LogP contribution is -2.35. The zero-order chi connectivity index (χ0) is 15.6. The number of rotatable bonds is 9. The SMILES string of the molecule is CC(C)(C)CCCCOCCCCNC(=O)C(C)(C)C. The van der Waals surface area contributed by atoms with Crippen LogP contribution >= 0.6 is 0 Å². The summed E-state index contributed by atoms with van der Waals surface area (Å²) in [6, 6.07) is 0. The van der Waals surface area contributed by atoms with Gasteiger partial charge in [-0.05, 0) is 31.1 Å². The first-order valence-electron chi connectivity index (χ1n) is 7.99. The molecule has 1 amide bonds. The monoisotopic (exact) mass is 285 g/mol. The van der Waals surface area contributed by atoms with Crippen LogP contribution in [0.5, 0.6) is 0 Å². The van der Waals surface area contributed by atoms with Gasteiger partial charge in [0.25, 0.3) is 0 Å². The van der Waals surface area contributed by atoms with E-state index in [0.29, 0.717) is 5.41 Å². The summed E-state index contributed by atoms with van der Waals surface area (Å²) in [5.41, 5.74) is 0.148. The van der Waals surface area contributed by atoms with Gasteiger partial charge in [0.2, 0.25) is 5.91 Å². The van der Waals surface area contributed by atoms with Crippen LogP contribution < -0.4 is 5.32 Å². The number of nitrogens with one attached hydrogen (secondary N) is 1. The van der Waals surface area contributed by atoms with E-state index < -0.39 is 0 Å². The molecule has 0 heterocycles. The third-order valence-electron chi connectivity index (χ3n) is 3.15.